The van der Waals surface area contributed by atoms with Crippen molar-refractivity contribution in [2.75, 3.05) is 32.9 Å². The largest absolute Gasteiger partial charge is 0.490 e. The van der Waals surface area contributed by atoms with Crippen molar-refractivity contribution in [3.63, 3.8) is 0 Å². The van der Waals surface area contributed by atoms with Crippen LogP contribution in [0.5, 0.6) is 17.2 Å². The summed E-state index contributed by atoms with van der Waals surface area (Å²) in [4.78, 5) is 35.6. The molecule has 0 saturated heterocycles. The predicted octanol–water partition coefficient (Wildman–Crippen LogP) is 4.05. The van der Waals surface area contributed by atoms with Gasteiger partial charge in [-0.2, -0.15) is 0 Å². The van der Waals surface area contributed by atoms with Crippen molar-refractivity contribution in [1.82, 2.24) is 10.6 Å². The Kier molecular flexibility index (Phi) is 20.7. The van der Waals surface area contributed by atoms with Gasteiger partial charge in [0.25, 0.3) is 5.91 Å². The number of terminal acetylenes is 3. The van der Waals surface area contributed by atoms with E-state index in [0.717, 1.165) is 44.9 Å². The minimum Gasteiger partial charge on any atom is -0.490 e. The first-order valence-electron chi connectivity index (χ1n) is 15.2. The van der Waals surface area contributed by atoms with Gasteiger partial charge in [0.05, 0.1) is 32.3 Å². The molecule has 1 atom stereocenters. The summed E-state index contributed by atoms with van der Waals surface area (Å²) in [5.41, 5.74) is 5.92. The van der Waals surface area contributed by atoms with Crippen LogP contribution < -0.4 is 30.6 Å². The number of benzene rings is 1. The maximum atomic E-state index is 13.1. The average Bonchev–Trinajstić information content (AvgIpc) is 3.00. The Morgan fingerprint density at radius 1 is 0.727 bits per heavy atom. The van der Waals surface area contributed by atoms with Gasteiger partial charge in [-0.15, -0.1) is 37.0 Å². The highest BCUT2D eigenvalue weighted by Gasteiger charge is 2.19. The molecule has 1 aromatic rings. The lowest BCUT2D eigenvalue weighted by Crippen LogP contribution is -2.42. The number of hydrogen-bond acceptors (Lipinski definition) is 7. The van der Waals surface area contributed by atoms with Gasteiger partial charge in [0, 0.05) is 37.9 Å². The van der Waals surface area contributed by atoms with Crippen LogP contribution in [0.25, 0.3) is 0 Å². The molecule has 0 aliphatic heterocycles. The molecule has 0 fully saturated rings. The molecule has 0 spiro atoms. The third kappa shape index (κ3) is 16.9. The van der Waals surface area contributed by atoms with E-state index in [2.05, 4.69) is 28.4 Å². The van der Waals surface area contributed by atoms with Crippen LogP contribution in [0.15, 0.2) is 12.1 Å². The number of carboxylic acids is 1. The molecule has 1 rings (SSSR count). The number of unbranched alkanes of at least 4 members (excludes halogenated alkanes) is 8. The fraction of sp³-hybridized carbons (Fsp3) is 0.559. The van der Waals surface area contributed by atoms with E-state index in [4.69, 9.17) is 44.3 Å². The number of aliphatic carboxylic acids is 1. The summed E-state index contributed by atoms with van der Waals surface area (Å²) in [6, 6.07) is 2.24. The maximum absolute atomic E-state index is 13.1. The SMILES string of the molecule is C#CCCCCOc1cc(C(=O)NCCCCCNC(=O)[C@@H](N)CC(=O)O)cc(OCCCCC#C)c1OCCCCC#C. The Bertz CT molecular complexity index is 1100. The molecule has 44 heavy (non-hydrogen) atoms. The number of rotatable bonds is 25. The van der Waals surface area contributed by atoms with Gasteiger partial charge in [0.2, 0.25) is 11.7 Å². The first kappa shape index (κ1) is 37.7. The quantitative estimate of drug-likeness (QED) is 0.0958. The Hall–Kier alpha value is -4.33. The Balaban J connectivity index is 2.86. The number of carbonyl (C=O) groups is 3. The Morgan fingerprint density at radius 2 is 1.20 bits per heavy atom. The monoisotopic (exact) mass is 609 g/mol. The second-order valence-corrected chi connectivity index (χ2v) is 10.1. The van der Waals surface area contributed by atoms with Crippen molar-refractivity contribution in [3.05, 3.63) is 17.7 Å². The number of nitrogens with one attached hydrogen (secondary N) is 2. The van der Waals surface area contributed by atoms with Crippen LogP contribution in [0.1, 0.15) is 93.8 Å². The van der Waals surface area contributed by atoms with Gasteiger partial charge >= 0.3 is 5.97 Å². The highest BCUT2D eigenvalue weighted by Crippen LogP contribution is 2.39. The zero-order valence-corrected chi connectivity index (χ0v) is 25.7. The van der Waals surface area contributed by atoms with Crippen molar-refractivity contribution in [1.29, 1.82) is 0 Å². The molecule has 0 heterocycles. The normalized spacial score (nSPS) is 10.9. The van der Waals surface area contributed by atoms with Crippen molar-refractivity contribution >= 4 is 17.8 Å². The van der Waals surface area contributed by atoms with Gasteiger partial charge in [-0.1, -0.05) is 0 Å². The van der Waals surface area contributed by atoms with Crippen molar-refractivity contribution in [3.8, 4) is 54.3 Å². The fourth-order valence-electron chi connectivity index (χ4n) is 3.94. The number of amides is 2. The molecule has 2 amide bonds. The number of ether oxygens (including phenoxy) is 3. The summed E-state index contributed by atoms with van der Waals surface area (Å²) in [6.07, 6.45) is 24.4. The molecule has 0 radical (unpaired) electrons. The van der Waals surface area contributed by atoms with Crippen molar-refractivity contribution in [2.45, 2.75) is 89.5 Å². The molecular weight excluding hydrogens is 562 g/mol. The summed E-state index contributed by atoms with van der Waals surface area (Å²) in [5.74, 6) is 7.25. The van der Waals surface area contributed by atoms with Crippen LogP contribution in [0.4, 0.5) is 0 Å². The van der Waals surface area contributed by atoms with Crippen molar-refractivity contribution < 1.29 is 33.7 Å². The van der Waals surface area contributed by atoms with Crippen LogP contribution in [0, 0.1) is 37.0 Å². The molecule has 10 nitrogen and oxygen atoms in total. The lowest BCUT2D eigenvalue weighted by atomic mass is 10.1. The summed E-state index contributed by atoms with van der Waals surface area (Å²) < 4.78 is 18.3. The number of carbonyl (C=O) groups excluding carboxylic acids is 2. The number of carboxylic acid groups (broad SMARTS) is 1. The third-order valence-corrected chi connectivity index (χ3v) is 6.36. The van der Waals surface area contributed by atoms with E-state index in [0.29, 0.717) is 87.8 Å². The third-order valence-electron chi connectivity index (χ3n) is 6.36. The van der Waals surface area contributed by atoms with E-state index in [9.17, 15) is 14.4 Å². The van der Waals surface area contributed by atoms with Crippen LogP contribution in [0.2, 0.25) is 0 Å². The van der Waals surface area contributed by atoms with E-state index in [1.165, 1.54) is 0 Å². The van der Waals surface area contributed by atoms with Crippen molar-refractivity contribution in [2.24, 2.45) is 5.73 Å². The first-order valence-corrected chi connectivity index (χ1v) is 15.2. The van der Waals surface area contributed by atoms with Gasteiger partial charge in [-0.05, 0) is 69.9 Å². The molecule has 1 aromatic carbocycles. The molecular formula is C34H47N3O7. The summed E-state index contributed by atoms with van der Waals surface area (Å²) >= 11 is 0. The lowest BCUT2D eigenvalue weighted by molar-refractivity contribution is -0.139. The molecule has 0 aromatic heterocycles. The van der Waals surface area contributed by atoms with Gasteiger partial charge in [-0.3, -0.25) is 14.4 Å². The molecule has 0 unspecified atom stereocenters. The number of nitrogens with two attached hydrogens (primary N) is 1. The second-order valence-electron chi connectivity index (χ2n) is 10.1. The summed E-state index contributed by atoms with van der Waals surface area (Å²) in [5, 5.41) is 14.3. The fourth-order valence-corrected chi connectivity index (χ4v) is 3.94. The molecule has 5 N–H and O–H groups in total. The maximum Gasteiger partial charge on any atom is 0.305 e. The standard InChI is InChI=1S/C34H47N3O7/c1-4-7-10-16-21-42-29-24-27(33(40)36-19-14-13-15-20-37-34(41)28(35)26-31(38)39)25-30(43-22-17-11-8-5-2)32(29)44-23-18-12-9-6-3/h1-3,24-25,28H,7-23,26,35H2,(H,36,40)(H,37,41)(H,38,39)/t28-/m0/s1. The Morgan fingerprint density at radius 3 is 1.68 bits per heavy atom. The zero-order valence-electron chi connectivity index (χ0n) is 25.7. The first-order chi connectivity index (χ1) is 21.3. The molecule has 0 saturated carbocycles. The average molecular weight is 610 g/mol. The highest BCUT2D eigenvalue weighted by molar-refractivity contribution is 5.95. The van der Waals surface area contributed by atoms with Gasteiger partial charge < -0.3 is 35.7 Å². The predicted molar refractivity (Wildman–Crippen MR) is 170 cm³/mol. The van der Waals surface area contributed by atoms with Gasteiger partial charge in [0.1, 0.15) is 0 Å². The van der Waals surface area contributed by atoms with E-state index >= 15 is 0 Å². The minimum absolute atomic E-state index is 0.284. The van der Waals surface area contributed by atoms with E-state index in [1.54, 1.807) is 12.1 Å². The van der Waals surface area contributed by atoms with E-state index < -0.39 is 24.3 Å². The molecule has 0 aliphatic rings. The summed E-state index contributed by atoms with van der Waals surface area (Å²) in [7, 11) is 0. The van der Waals surface area contributed by atoms with Crippen LogP contribution in [0.3, 0.4) is 0 Å². The van der Waals surface area contributed by atoms with Crippen LogP contribution >= 0.6 is 0 Å². The van der Waals surface area contributed by atoms with Crippen LogP contribution in [-0.4, -0.2) is 61.8 Å². The second kappa shape index (κ2) is 24.1. The summed E-state index contributed by atoms with van der Waals surface area (Å²) in [6.45, 7) is 2.01. The number of hydrogen-bond donors (Lipinski definition) is 4. The lowest BCUT2D eigenvalue weighted by Gasteiger charge is -2.19. The topological polar surface area (TPSA) is 149 Å². The van der Waals surface area contributed by atoms with Gasteiger partial charge in [-0.25, -0.2) is 0 Å². The van der Waals surface area contributed by atoms with E-state index in [1.807, 2.05) is 0 Å². The molecule has 10 heteroatoms. The van der Waals surface area contributed by atoms with E-state index in [-0.39, 0.29) is 5.91 Å². The Labute approximate surface area is 262 Å². The highest BCUT2D eigenvalue weighted by atomic mass is 16.5. The smallest absolute Gasteiger partial charge is 0.305 e. The van der Waals surface area contributed by atoms with Crippen LogP contribution in [-0.2, 0) is 9.59 Å². The molecule has 0 bridgehead atoms. The minimum atomic E-state index is -1.13. The zero-order chi connectivity index (χ0) is 32.4. The molecule has 0 aliphatic carbocycles. The molecule has 240 valence electrons. The van der Waals surface area contributed by atoms with Gasteiger partial charge in [0.15, 0.2) is 11.5 Å².